The molecule has 0 unspecified atom stereocenters. The summed E-state index contributed by atoms with van der Waals surface area (Å²) in [6.45, 7) is 7.26. The first kappa shape index (κ1) is 20.8. The minimum atomic E-state index is -0.944. The Balaban J connectivity index is 1.93. The maximum Gasteiger partial charge on any atom is 0.344 e. The molecule has 0 saturated heterocycles. The molecule has 0 aliphatic carbocycles. The highest BCUT2D eigenvalue weighted by molar-refractivity contribution is 6.30. The van der Waals surface area contributed by atoms with E-state index in [1.165, 1.54) is 6.92 Å². The lowest BCUT2D eigenvalue weighted by Gasteiger charge is -2.19. The van der Waals surface area contributed by atoms with Gasteiger partial charge in [-0.25, -0.2) is 4.79 Å². The molecule has 0 saturated carbocycles. The number of nitrogens with one attached hydrogen (secondary N) is 1. The van der Waals surface area contributed by atoms with Crippen molar-refractivity contribution in [3.63, 3.8) is 0 Å². The Hall–Kier alpha value is -2.53. The molecule has 1 amide bonds. The third-order valence-corrected chi connectivity index (χ3v) is 4.24. The van der Waals surface area contributed by atoms with E-state index in [1.54, 1.807) is 24.3 Å². The Morgan fingerprint density at radius 2 is 1.81 bits per heavy atom. The number of esters is 1. The Morgan fingerprint density at radius 3 is 2.48 bits per heavy atom. The molecule has 6 heteroatoms. The van der Waals surface area contributed by atoms with Crippen LogP contribution in [-0.4, -0.2) is 24.6 Å². The second-order valence-corrected chi connectivity index (χ2v) is 7.00. The topological polar surface area (TPSA) is 64.6 Å². The largest absolute Gasteiger partial charge is 0.482 e. The van der Waals surface area contributed by atoms with Crippen LogP contribution in [0.1, 0.15) is 37.8 Å². The molecule has 1 N–H and O–H groups in total. The van der Waals surface area contributed by atoms with E-state index in [-0.39, 0.29) is 18.4 Å². The van der Waals surface area contributed by atoms with Crippen molar-refractivity contribution in [2.45, 2.75) is 39.7 Å². The summed E-state index contributed by atoms with van der Waals surface area (Å²) in [5.41, 5.74) is 2.75. The van der Waals surface area contributed by atoms with Gasteiger partial charge >= 0.3 is 5.97 Å². The molecule has 0 bridgehead atoms. The van der Waals surface area contributed by atoms with Crippen molar-refractivity contribution in [1.82, 2.24) is 0 Å². The fourth-order valence-electron chi connectivity index (χ4n) is 2.55. The summed E-state index contributed by atoms with van der Waals surface area (Å²) in [5, 5.41) is 3.38. The van der Waals surface area contributed by atoms with Gasteiger partial charge in [-0.1, -0.05) is 49.7 Å². The van der Waals surface area contributed by atoms with Crippen LogP contribution in [0.15, 0.2) is 42.5 Å². The number of para-hydroxylation sites is 1. The Bertz CT molecular complexity index is 820. The number of ether oxygens (including phenoxy) is 2. The van der Waals surface area contributed by atoms with Gasteiger partial charge in [-0.15, -0.1) is 0 Å². The zero-order chi connectivity index (χ0) is 20.0. The molecule has 2 aromatic carbocycles. The molecule has 0 fully saturated rings. The van der Waals surface area contributed by atoms with E-state index in [0.717, 1.165) is 16.8 Å². The number of aryl methyl sites for hydroxylation is 1. The lowest BCUT2D eigenvalue weighted by molar-refractivity contribution is -0.155. The number of benzene rings is 2. The monoisotopic (exact) mass is 389 g/mol. The average Bonchev–Trinajstić information content (AvgIpc) is 2.61. The van der Waals surface area contributed by atoms with Crippen LogP contribution in [-0.2, 0) is 14.3 Å². The summed E-state index contributed by atoms with van der Waals surface area (Å²) in [4.78, 5) is 24.4. The van der Waals surface area contributed by atoms with Gasteiger partial charge in [0, 0.05) is 10.7 Å². The van der Waals surface area contributed by atoms with Crippen LogP contribution in [0.4, 0.5) is 5.69 Å². The normalized spacial score (nSPS) is 11.8. The predicted molar refractivity (Wildman–Crippen MR) is 106 cm³/mol. The van der Waals surface area contributed by atoms with E-state index in [9.17, 15) is 9.59 Å². The van der Waals surface area contributed by atoms with Crippen molar-refractivity contribution in [2.75, 3.05) is 11.9 Å². The van der Waals surface area contributed by atoms with Gasteiger partial charge in [-0.3, -0.25) is 4.79 Å². The fraction of sp³-hybridized carbons (Fsp3) is 0.333. The van der Waals surface area contributed by atoms with Crippen molar-refractivity contribution in [3.8, 4) is 5.75 Å². The summed E-state index contributed by atoms with van der Waals surface area (Å²) >= 11 is 5.86. The van der Waals surface area contributed by atoms with Crippen molar-refractivity contribution < 1.29 is 19.1 Å². The zero-order valence-corrected chi connectivity index (χ0v) is 16.7. The summed E-state index contributed by atoms with van der Waals surface area (Å²) in [6, 6.07) is 12.6. The first-order chi connectivity index (χ1) is 12.8. The minimum Gasteiger partial charge on any atom is -0.482 e. The van der Waals surface area contributed by atoms with Crippen molar-refractivity contribution >= 4 is 29.2 Å². The molecular formula is C21H24ClNO4. The van der Waals surface area contributed by atoms with Crippen LogP contribution < -0.4 is 10.1 Å². The van der Waals surface area contributed by atoms with Crippen LogP contribution >= 0.6 is 11.6 Å². The molecular weight excluding hydrogens is 366 g/mol. The summed E-state index contributed by atoms with van der Waals surface area (Å²) in [7, 11) is 0. The molecule has 1 atom stereocenters. The fourth-order valence-corrected chi connectivity index (χ4v) is 2.73. The third kappa shape index (κ3) is 6.00. The molecule has 0 heterocycles. The smallest absolute Gasteiger partial charge is 0.344 e. The summed E-state index contributed by atoms with van der Waals surface area (Å²) in [5.74, 6) is -0.309. The molecule has 2 rings (SSSR count). The maximum absolute atomic E-state index is 12.4. The maximum atomic E-state index is 12.4. The Morgan fingerprint density at radius 1 is 1.11 bits per heavy atom. The first-order valence-electron chi connectivity index (χ1n) is 8.76. The Labute approximate surface area is 164 Å². The second-order valence-electron chi connectivity index (χ2n) is 6.56. The molecule has 144 valence electrons. The van der Waals surface area contributed by atoms with Crippen molar-refractivity contribution in [1.29, 1.82) is 0 Å². The SMILES string of the molecule is Cc1cccc(C(C)C)c1NC(=O)[C@H](C)OC(=O)COc1cccc(Cl)c1. The van der Waals surface area contributed by atoms with Crippen molar-refractivity contribution in [3.05, 3.63) is 58.6 Å². The number of hydrogen-bond acceptors (Lipinski definition) is 4. The van der Waals surface area contributed by atoms with E-state index in [0.29, 0.717) is 10.8 Å². The van der Waals surface area contributed by atoms with Crippen LogP contribution in [0.25, 0.3) is 0 Å². The van der Waals surface area contributed by atoms with Crippen LogP contribution in [0.5, 0.6) is 5.75 Å². The number of hydrogen-bond donors (Lipinski definition) is 1. The van der Waals surface area contributed by atoms with Gasteiger partial charge in [0.05, 0.1) is 0 Å². The highest BCUT2D eigenvalue weighted by Crippen LogP contribution is 2.27. The van der Waals surface area contributed by atoms with E-state index >= 15 is 0 Å². The van der Waals surface area contributed by atoms with Crippen molar-refractivity contribution in [2.24, 2.45) is 0 Å². The molecule has 27 heavy (non-hydrogen) atoms. The van der Waals surface area contributed by atoms with Gasteiger partial charge in [-0.05, 0) is 49.1 Å². The Kier molecular flexibility index (Phi) is 7.25. The van der Waals surface area contributed by atoms with E-state index in [2.05, 4.69) is 19.2 Å². The quantitative estimate of drug-likeness (QED) is 0.696. The first-order valence-corrected chi connectivity index (χ1v) is 9.14. The van der Waals surface area contributed by atoms with Crippen LogP contribution in [0.2, 0.25) is 5.02 Å². The number of carbonyl (C=O) groups excluding carboxylic acids is 2. The highest BCUT2D eigenvalue weighted by Gasteiger charge is 2.20. The zero-order valence-electron chi connectivity index (χ0n) is 15.9. The van der Waals surface area contributed by atoms with Gasteiger partial charge in [0.2, 0.25) is 0 Å². The molecule has 0 spiro atoms. The van der Waals surface area contributed by atoms with Gasteiger partial charge < -0.3 is 14.8 Å². The number of amides is 1. The number of halogens is 1. The van der Waals surface area contributed by atoms with E-state index < -0.39 is 12.1 Å². The van der Waals surface area contributed by atoms with E-state index in [4.69, 9.17) is 21.1 Å². The van der Waals surface area contributed by atoms with Gasteiger partial charge in [0.1, 0.15) is 5.75 Å². The molecule has 5 nitrogen and oxygen atoms in total. The van der Waals surface area contributed by atoms with Crippen LogP contribution in [0, 0.1) is 6.92 Å². The summed E-state index contributed by atoms with van der Waals surface area (Å²) < 4.78 is 10.5. The molecule has 0 aliphatic rings. The van der Waals surface area contributed by atoms with E-state index in [1.807, 2.05) is 25.1 Å². The molecule has 0 aromatic heterocycles. The number of anilines is 1. The predicted octanol–water partition coefficient (Wildman–Crippen LogP) is 4.72. The standard InChI is InChI=1S/C21H24ClNO4/c1-13(2)18-10-5-7-14(3)20(18)23-21(25)15(4)27-19(24)12-26-17-9-6-8-16(22)11-17/h5-11,13,15H,12H2,1-4H3,(H,23,25)/t15-/m0/s1. The summed E-state index contributed by atoms with van der Waals surface area (Å²) in [6.07, 6.45) is -0.944. The number of carbonyl (C=O) groups is 2. The highest BCUT2D eigenvalue weighted by atomic mass is 35.5. The average molecular weight is 390 g/mol. The minimum absolute atomic E-state index is 0.254. The molecule has 0 radical (unpaired) electrons. The van der Waals surface area contributed by atoms with Gasteiger partial charge in [0.25, 0.3) is 5.91 Å². The van der Waals surface area contributed by atoms with Gasteiger partial charge in [-0.2, -0.15) is 0 Å². The second kappa shape index (κ2) is 9.42. The lowest BCUT2D eigenvalue weighted by atomic mass is 9.98. The third-order valence-electron chi connectivity index (χ3n) is 4.01. The van der Waals surface area contributed by atoms with Crippen LogP contribution in [0.3, 0.4) is 0 Å². The molecule has 2 aromatic rings. The number of rotatable bonds is 7. The lowest BCUT2D eigenvalue weighted by Crippen LogP contribution is -2.32. The van der Waals surface area contributed by atoms with Gasteiger partial charge in [0.15, 0.2) is 12.7 Å². The molecule has 0 aliphatic heterocycles.